The topological polar surface area (TPSA) is 52.6 Å². The van der Waals surface area contributed by atoms with E-state index in [-0.39, 0.29) is 0 Å². The third kappa shape index (κ3) is 2.91. The normalized spacial score (nSPS) is 20.5. The molecule has 0 aromatic heterocycles. The van der Waals surface area contributed by atoms with E-state index in [1.807, 2.05) is 11.0 Å². The molecule has 19 heavy (non-hydrogen) atoms. The van der Waals surface area contributed by atoms with Crippen LogP contribution in [0.3, 0.4) is 0 Å². The first-order valence-corrected chi connectivity index (χ1v) is 6.88. The lowest BCUT2D eigenvalue weighted by Gasteiger charge is -2.37. The Morgan fingerprint density at radius 3 is 2.89 bits per heavy atom. The minimum atomic E-state index is -1.03. The van der Waals surface area contributed by atoms with Gasteiger partial charge in [0.1, 0.15) is 5.54 Å². The molecule has 0 radical (unpaired) electrons. The number of aliphatic carboxylic acids is 1. The maximum atomic E-state index is 11.8. The summed E-state index contributed by atoms with van der Waals surface area (Å²) in [4.78, 5) is 13.9. The molecule has 0 amide bonds. The molecule has 1 aromatic carbocycles. The summed E-state index contributed by atoms with van der Waals surface area (Å²) in [5.41, 5.74) is -0.300. The Balaban J connectivity index is 2.38. The van der Waals surface area contributed by atoms with E-state index in [9.17, 15) is 9.90 Å². The summed E-state index contributed by atoms with van der Waals surface area (Å²) in [6.45, 7) is 4.98. The Hall–Kier alpha value is -1.10. The Labute approximate surface area is 118 Å². The highest BCUT2D eigenvalue weighted by Crippen LogP contribution is 2.30. The molecule has 0 bridgehead atoms. The van der Waals surface area contributed by atoms with Gasteiger partial charge in [0.25, 0.3) is 0 Å². The summed E-state index contributed by atoms with van der Waals surface area (Å²) in [7, 11) is 0. The molecule has 4 nitrogen and oxygen atoms in total. The molecular weight excluding hydrogens is 264 g/mol. The van der Waals surface area contributed by atoms with Gasteiger partial charge in [0.05, 0.1) is 0 Å². The number of halogens is 1. The van der Waals surface area contributed by atoms with Gasteiger partial charge in [-0.05, 0) is 37.6 Å². The number of nitrogens with zero attached hydrogens (tertiary/aromatic N) is 1. The highest BCUT2D eigenvalue weighted by molar-refractivity contribution is 6.30. The van der Waals surface area contributed by atoms with Crippen LogP contribution in [0.5, 0.6) is 0 Å². The quantitative estimate of drug-likeness (QED) is 0.890. The largest absolute Gasteiger partial charge is 0.480 e. The summed E-state index contributed by atoms with van der Waals surface area (Å²) in [5.74, 6) is -0.836. The molecule has 1 fully saturated rings. The number of rotatable bonds is 3. The molecule has 1 unspecified atom stereocenters. The van der Waals surface area contributed by atoms with Gasteiger partial charge in [-0.15, -0.1) is 0 Å². The van der Waals surface area contributed by atoms with Gasteiger partial charge < -0.3 is 10.4 Å². The highest BCUT2D eigenvalue weighted by Gasteiger charge is 2.41. The Morgan fingerprint density at radius 2 is 2.21 bits per heavy atom. The van der Waals surface area contributed by atoms with Crippen molar-refractivity contribution < 1.29 is 9.90 Å². The average molecular weight is 283 g/mol. The lowest BCUT2D eigenvalue weighted by atomic mass is 9.89. The van der Waals surface area contributed by atoms with Gasteiger partial charge in [-0.1, -0.05) is 23.7 Å². The molecule has 0 aliphatic carbocycles. The number of carboxylic acid groups (broad SMARTS) is 1. The lowest BCUT2D eigenvalue weighted by Crippen LogP contribution is -2.51. The predicted octanol–water partition coefficient (Wildman–Crippen LogP) is 1.94. The molecule has 1 aromatic rings. The first-order valence-electron chi connectivity index (χ1n) is 6.50. The van der Waals surface area contributed by atoms with Crippen molar-refractivity contribution in [1.29, 1.82) is 0 Å². The number of hydrogen-bond donors (Lipinski definition) is 2. The van der Waals surface area contributed by atoms with Crippen LogP contribution in [0.4, 0.5) is 0 Å². The molecule has 1 aliphatic heterocycles. The monoisotopic (exact) mass is 282 g/mol. The zero-order valence-electron chi connectivity index (χ0n) is 11.0. The number of carbonyl (C=O) groups is 1. The summed E-state index contributed by atoms with van der Waals surface area (Å²) in [6.07, 6.45) is 0.948. The second-order valence-corrected chi connectivity index (χ2v) is 5.41. The fourth-order valence-electron chi connectivity index (χ4n) is 2.53. The molecule has 0 saturated carbocycles. The van der Waals surface area contributed by atoms with Gasteiger partial charge in [0.2, 0.25) is 0 Å². The Morgan fingerprint density at radius 1 is 1.42 bits per heavy atom. The Bertz CT molecular complexity index is 459. The summed E-state index contributed by atoms with van der Waals surface area (Å²) >= 11 is 6.00. The number of nitrogens with one attached hydrogen (secondary N) is 1. The lowest BCUT2D eigenvalue weighted by molar-refractivity contribution is -0.151. The van der Waals surface area contributed by atoms with Gasteiger partial charge in [-0.3, -0.25) is 4.90 Å². The molecule has 104 valence electrons. The molecule has 1 atom stereocenters. The minimum Gasteiger partial charge on any atom is -0.480 e. The molecule has 1 heterocycles. The van der Waals surface area contributed by atoms with Crippen LogP contribution in [0.15, 0.2) is 24.3 Å². The third-order valence-corrected chi connectivity index (χ3v) is 4.01. The van der Waals surface area contributed by atoms with E-state index >= 15 is 0 Å². The Kier molecular flexibility index (Phi) is 4.45. The predicted molar refractivity (Wildman–Crippen MR) is 75.5 cm³/mol. The van der Waals surface area contributed by atoms with E-state index in [2.05, 4.69) is 5.32 Å². The van der Waals surface area contributed by atoms with E-state index < -0.39 is 11.5 Å². The van der Waals surface area contributed by atoms with Crippen molar-refractivity contribution in [3.05, 3.63) is 34.9 Å². The van der Waals surface area contributed by atoms with Crippen molar-refractivity contribution >= 4 is 17.6 Å². The first-order chi connectivity index (χ1) is 9.05. The van der Waals surface area contributed by atoms with Gasteiger partial charge in [0, 0.05) is 24.7 Å². The van der Waals surface area contributed by atoms with Crippen LogP contribution in [0.25, 0.3) is 0 Å². The zero-order chi connectivity index (χ0) is 13.9. The third-order valence-electron chi connectivity index (χ3n) is 3.78. The van der Waals surface area contributed by atoms with Crippen molar-refractivity contribution in [2.75, 3.05) is 26.2 Å². The molecule has 2 rings (SSSR count). The van der Waals surface area contributed by atoms with Crippen LogP contribution in [0.1, 0.15) is 18.9 Å². The fraction of sp³-hybridized carbons (Fsp3) is 0.500. The van der Waals surface area contributed by atoms with Gasteiger partial charge in [-0.2, -0.15) is 0 Å². The highest BCUT2D eigenvalue weighted by atomic mass is 35.5. The van der Waals surface area contributed by atoms with Crippen molar-refractivity contribution in [3.63, 3.8) is 0 Å². The summed E-state index contributed by atoms with van der Waals surface area (Å²) < 4.78 is 0. The molecule has 1 aliphatic rings. The van der Waals surface area contributed by atoms with E-state index in [1.165, 1.54) is 0 Å². The number of carboxylic acids is 1. The van der Waals surface area contributed by atoms with E-state index in [4.69, 9.17) is 11.6 Å². The van der Waals surface area contributed by atoms with E-state index in [1.54, 1.807) is 25.1 Å². The van der Waals surface area contributed by atoms with Crippen LogP contribution in [-0.4, -0.2) is 42.2 Å². The van der Waals surface area contributed by atoms with Crippen LogP contribution >= 0.6 is 11.6 Å². The smallest absolute Gasteiger partial charge is 0.328 e. The van der Waals surface area contributed by atoms with E-state index in [0.29, 0.717) is 5.02 Å². The van der Waals surface area contributed by atoms with Crippen LogP contribution < -0.4 is 5.32 Å². The van der Waals surface area contributed by atoms with Crippen molar-refractivity contribution in [2.45, 2.75) is 18.9 Å². The van der Waals surface area contributed by atoms with Gasteiger partial charge >= 0.3 is 5.97 Å². The maximum absolute atomic E-state index is 11.8. The van der Waals surface area contributed by atoms with Crippen LogP contribution in [0.2, 0.25) is 5.02 Å². The fourth-order valence-corrected chi connectivity index (χ4v) is 2.72. The van der Waals surface area contributed by atoms with Crippen molar-refractivity contribution in [2.24, 2.45) is 0 Å². The molecule has 2 N–H and O–H groups in total. The van der Waals surface area contributed by atoms with Crippen molar-refractivity contribution in [3.8, 4) is 0 Å². The first kappa shape index (κ1) is 14.3. The van der Waals surface area contributed by atoms with Crippen molar-refractivity contribution in [1.82, 2.24) is 10.2 Å². The zero-order valence-corrected chi connectivity index (χ0v) is 11.8. The SMILES string of the molecule is CC(C(=O)O)(c1cccc(Cl)c1)N1CCCNCC1. The summed E-state index contributed by atoms with van der Waals surface area (Å²) in [5, 5.41) is 13.6. The molecule has 0 spiro atoms. The molecular formula is C14H19ClN2O2. The summed E-state index contributed by atoms with van der Waals surface area (Å²) in [6, 6.07) is 7.14. The maximum Gasteiger partial charge on any atom is 0.328 e. The second kappa shape index (κ2) is 5.90. The van der Waals surface area contributed by atoms with Gasteiger partial charge in [0.15, 0.2) is 0 Å². The van der Waals surface area contributed by atoms with Crippen LogP contribution in [0, 0.1) is 0 Å². The number of hydrogen-bond acceptors (Lipinski definition) is 3. The van der Waals surface area contributed by atoms with Gasteiger partial charge in [-0.25, -0.2) is 4.79 Å². The second-order valence-electron chi connectivity index (χ2n) is 4.98. The van der Waals surface area contributed by atoms with Crippen LogP contribution in [-0.2, 0) is 10.3 Å². The standard InChI is InChI=1S/C14H19ClN2O2/c1-14(13(18)19,11-4-2-5-12(15)10-11)17-8-3-6-16-7-9-17/h2,4-5,10,16H,3,6-9H2,1H3,(H,18,19). The molecule has 1 saturated heterocycles. The minimum absolute atomic E-state index is 0.568. The average Bonchev–Trinajstić information content (AvgIpc) is 2.66. The van der Waals surface area contributed by atoms with E-state index in [0.717, 1.165) is 38.2 Å². The number of benzene rings is 1. The molecule has 5 heteroatoms.